The van der Waals surface area contributed by atoms with Gasteiger partial charge in [-0.1, -0.05) is 24.3 Å². The van der Waals surface area contributed by atoms with Crippen LogP contribution in [0.1, 0.15) is 11.3 Å². The lowest BCUT2D eigenvalue weighted by Gasteiger charge is -2.06. The molecule has 0 fully saturated rings. The number of aromatic nitrogens is 3. The normalized spacial score (nSPS) is 10.9. The van der Waals surface area contributed by atoms with Crippen LogP contribution >= 0.6 is 0 Å². The van der Waals surface area contributed by atoms with Crippen LogP contribution < -0.4 is 6.15 Å². The number of aryl methyl sites for hydroxylation is 1. The summed E-state index contributed by atoms with van der Waals surface area (Å²) in [6.45, 7) is 4.17. The molecule has 0 unspecified atom stereocenters. The minimum atomic E-state index is 0. The van der Waals surface area contributed by atoms with Crippen molar-refractivity contribution in [3.63, 3.8) is 0 Å². The van der Waals surface area contributed by atoms with Crippen molar-refractivity contribution in [1.82, 2.24) is 21.1 Å². The predicted molar refractivity (Wildman–Crippen MR) is 117 cm³/mol. The lowest BCUT2D eigenvalue weighted by atomic mass is 9.99. The van der Waals surface area contributed by atoms with Gasteiger partial charge in [0.15, 0.2) is 0 Å². The molecular weight excluding hydrogens is 344 g/mol. The summed E-state index contributed by atoms with van der Waals surface area (Å²) in [5.74, 6) is 0. The summed E-state index contributed by atoms with van der Waals surface area (Å²) < 4.78 is 0. The number of rotatable bonds is 2. The molecule has 2 aromatic carbocycles. The van der Waals surface area contributed by atoms with Crippen molar-refractivity contribution in [3.05, 3.63) is 84.3 Å². The first kappa shape index (κ1) is 17.9. The molecule has 138 valence electrons. The van der Waals surface area contributed by atoms with Crippen molar-refractivity contribution in [2.75, 3.05) is 0 Å². The SMILES string of the molecule is Cc1nccc(-c2cc3cc(-c4cccc5ncccc45)ccc3[nH]2)c1C.N. The Morgan fingerprint density at radius 1 is 0.786 bits per heavy atom. The summed E-state index contributed by atoms with van der Waals surface area (Å²) in [5, 5.41) is 2.38. The molecule has 3 aromatic heterocycles. The fourth-order valence-corrected chi connectivity index (χ4v) is 3.73. The van der Waals surface area contributed by atoms with Crippen molar-refractivity contribution in [2.45, 2.75) is 13.8 Å². The summed E-state index contributed by atoms with van der Waals surface area (Å²) in [5.41, 5.74) is 9.18. The maximum Gasteiger partial charge on any atom is 0.0708 e. The van der Waals surface area contributed by atoms with Gasteiger partial charge in [-0.2, -0.15) is 0 Å². The van der Waals surface area contributed by atoms with Gasteiger partial charge in [0.05, 0.1) is 5.52 Å². The molecule has 0 saturated carbocycles. The fraction of sp³-hybridized carbons (Fsp3) is 0.0833. The quantitative estimate of drug-likeness (QED) is 0.389. The van der Waals surface area contributed by atoms with Crippen LogP contribution in [-0.4, -0.2) is 15.0 Å². The summed E-state index contributed by atoms with van der Waals surface area (Å²) in [7, 11) is 0. The molecule has 0 bridgehead atoms. The molecule has 0 saturated heterocycles. The summed E-state index contributed by atoms with van der Waals surface area (Å²) in [4.78, 5) is 12.4. The highest BCUT2D eigenvalue weighted by atomic mass is 14.7. The molecule has 0 aliphatic carbocycles. The van der Waals surface area contributed by atoms with Gasteiger partial charge >= 0.3 is 0 Å². The lowest BCUT2D eigenvalue weighted by Crippen LogP contribution is -1.90. The highest BCUT2D eigenvalue weighted by Crippen LogP contribution is 2.32. The minimum Gasteiger partial charge on any atom is -0.355 e. The zero-order valence-corrected chi connectivity index (χ0v) is 16.0. The number of nitrogens with one attached hydrogen (secondary N) is 1. The fourth-order valence-electron chi connectivity index (χ4n) is 3.73. The monoisotopic (exact) mass is 366 g/mol. The van der Waals surface area contributed by atoms with E-state index in [0.29, 0.717) is 0 Å². The Balaban J connectivity index is 0.00000192. The highest BCUT2D eigenvalue weighted by molar-refractivity contribution is 5.98. The van der Waals surface area contributed by atoms with E-state index in [9.17, 15) is 0 Å². The summed E-state index contributed by atoms with van der Waals surface area (Å²) in [6, 6.07) is 21.3. The second-order valence-electron chi connectivity index (χ2n) is 6.93. The molecule has 0 radical (unpaired) electrons. The smallest absolute Gasteiger partial charge is 0.0708 e. The number of H-pyrrole nitrogens is 1. The second-order valence-corrected chi connectivity index (χ2v) is 6.93. The average Bonchev–Trinajstić information content (AvgIpc) is 3.12. The van der Waals surface area contributed by atoms with Crippen LogP contribution in [0.2, 0.25) is 0 Å². The van der Waals surface area contributed by atoms with Gasteiger partial charge in [-0.05, 0) is 66.9 Å². The molecule has 0 spiro atoms. The Morgan fingerprint density at radius 2 is 1.68 bits per heavy atom. The van der Waals surface area contributed by atoms with Crippen LogP contribution in [0.25, 0.3) is 44.2 Å². The van der Waals surface area contributed by atoms with E-state index >= 15 is 0 Å². The Bertz CT molecular complexity index is 1300. The van der Waals surface area contributed by atoms with Crippen molar-refractivity contribution in [2.24, 2.45) is 0 Å². The molecule has 0 aliphatic rings. The third-order valence-corrected chi connectivity index (χ3v) is 5.32. The van der Waals surface area contributed by atoms with E-state index in [-0.39, 0.29) is 6.15 Å². The van der Waals surface area contributed by atoms with E-state index in [2.05, 4.69) is 76.5 Å². The zero-order valence-electron chi connectivity index (χ0n) is 16.0. The molecule has 5 aromatic rings. The largest absolute Gasteiger partial charge is 0.355 e. The minimum absolute atomic E-state index is 0. The first-order valence-corrected chi connectivity index (χ1v) is 9.10. The molecule has 4 nitrogen and oxygen atoms in total. The van der Waals surface area contributed by atoms with Gasteiger partial charge in [0.2, 0.25) is 0 Å². The average molecular weight is 366 g/mol. The Morgan fingerprint density at radius 3 is 2.57 bits per heavy atom. The van der Waals surface area contributed by atoms with Crippen molar-refractivity contribution in [3.8, 4) is 22.4 Å². The van der Waals surface area contributed by atoms with Crippen molar-refractivity contribution >= 4 is 21.8 Å². The maximum absolute atomic E-state index is 4.48. The topological polar surface area (TPSA) is 76.6 Å². The maximum atomic E-state index is 4.48. The summed E-state index contributed by atoms with van der Waals surface area (Å²) in [6.07, 6.45) is 3.71. The van der Waals surface area contributed by atoms with Gasteiger partial charge in [-0.3, -0.25) is 9.97 Å². The molecule has 3 heterocycles. The van der Waals surface area contributed by atoms with Gasteiger partial charge in [0, 0.05) is 45.6 Å². The van der Waals surface area contributed by atoms with E-state index in [1.807, 2.05) is 25.4 Å². The van der Waals surface area contributed by atoms with E-state index in [4.69, 9.17) is 0 Å². The molecule has 0 aliphatic heterocycles. The highest BCUT2D eigenvalue weighted by Gasteiger charge is 2.10. The van der Waals surface area contributed by atoms with E-state index < -0.39 is 0 Å². The number of fused-ring (bicyclic) bond motifs is 2. The number of pyridine rings is 2. The second kappa shape index (κ2) is 6.91. The number of nitrogens with zero attached hydrogens (tertiary/aromatic N) is 2. The standard InChI is InChI=1S/C24H19N3.H3N/c1-15-16(2)25-12-10-19(15)24-14-18-13-17(8-9-22(18)27-24)20-5-3-7-23-21(20)6-4-11-26-23;/h3-14,27H,1-2H3;1H3. The molecule has 0 atom stereocenters. The number of hydrogen-bond acceptors (Lipinski definition) is 3. The molecule has 0 amide bonds. The van der Waals surface area contributed by atoms with Gasteiger partial charge in [-0.15, -0.1) is 0 Å². The predicted octanol–water partition coefficient (Wildman–Crippen LogP) is 6.22. The third-order valence-electron chi connectivity index (χ3n) is 5.32. The molecule has 4 N–H and O–H groups in total. The third kappa shape index (κ3) is 2.84. The Kier molecular flexibility index (Phi) is 4.41. The van der Waals surface area contributed by atoms with E-state index in [1.165, 1.54) is 33.0 Å². The molecule has 28 heavy (non-hydrogen) atoms. The van der Waals surface area contributed by atoms with Crippen LogP contribution in [0.4, 0.5) is 0 Å². The Labute approximate surface area is 163 Å². The van der Waals surface area contributed by atoms with Gasteiger partial charge in [0.1, 0.15) is 0 Å². The van der Waals surface area contributed by atoms with E-state index in [1.54, 1.807) is 0 Å². The van der Waals surface area contributed by atoms with Gasteiger partial charge < -0.3 is 11.1 Å². The van der Waals surface area contributed by atoms with Crippen LogP contribution in [0.3, 0.4) is 0 Å². The first-order valence-electron chi connectivity index (χ1n) is 9.10. The number of aromatic amines is 1. The van der Waals surface area contributed by atoms with Crippen LogP contribution in [0.5, 0.6) is 0 Å². The van der Waals surface area contributed by atoms with Gasteiger partial charge in [-0.25, -0.2) is 0 Å². The molecular formula is C24H22N4. The van der Waals surface area contributed by atoms with Crippen molar-refractivity contribution < 1.29 is 0 Å². The molecule has 4 heteroatoms. The molecule has 5 rings (SSSR count). The number of hydrogen-bond donors (Lipinski definition) is 2. The lowest BCUT2D eigenvalue weighted by molar-refractivity contribution is 1.15. The van der Waals surface area contributed by atoms with Crippen LogP contribution in [0.15, 0.2) is 73.1 Å². The Hall–Kier alpha value is -3.50. The number of benzene rings is 2. The van der Waals surface area contributed by atoms with Crippen LogP contribution in [0, 0.1) is 13.8 Å². The van der Waals surface area contributed by atoms with E-state index in [0.717, 1.165) is 22.4 Å². The van der Waals surface area contributed by atoms with Crippen molar-refractivity contribution in [1.29, 1.82) is 0 Å². The first-order chi connectivity index (χ1) is 13.2. The van der Waals surface area contributed by atoms with Crippen LogP contribution in [-0.2, 0) is 0 Å². The zero-order chi connectivity index (χ0) is 18.4. The van der Waals surface area contributed by atoms with Gasteiger partial charge in [0.25, 0.3) is 0 Å². The summed E-state index contributed by atoms with van der Waals surface area (Å²) >= 11 is 0.